The maximum atomic E-state index is 12.8. The predicted octanol–water partition coefficient (Wildman–Crippen LogP) is 2.71. The van der Waals surface area contributed by atoms with Gasteiger partial charge in [0.25, 0.3) is 0 Å². The Balaban J connectivity index is 2.39. The third kappa shape index (κ3) is 2.58. The maximum Gasteiger partial charge on any atom is 0.123 e. The highest BCUT2D eigenvalue weighted by molar-refractivity contribution is 5.37. The minimum atomic E-state index is -0.853. The van der Waals surface area contributed by atoms with Gasteiger partial charge >= 0.3 is 0 Å². The molecule has 1 unspecified atom stereocenters. The molecular weight excluding hydrogens is 231 g/mol. The second-order valence-electron chi connectivity index (χ2n) is 4.31. The normalized spacial score (nSPS) is 12.4. The van der Waals surface area contributed by atoms with Crippen LogP contribution in [0.25, 0.3) is 0 Å². The van der Waals surface area contributed by atoms with Crippen molar-refractivity contribution in [3.63, 3.8) is 0 Å². The Hall–Kier alpha value is -1.71. The molecule has 2 N–H and O–H groups in total. The molecule has 0 aliphatic heterocycles. The van der Waals surface area contributed by atoms with Crippen LogP contribution in [0.5, 0.6) is 0 Å². The number of aliphatic hydroxyl groups is 2. The number of hydrogen-bond acceptors (Lipinski definition) is 2. The zero-order valence-electron chi connectivity index (χ0n) is 10.1. The molecule has 18 heavy (non-hydrogen) atoms. The van der Waals surface area contributed by atoms with E-state index in [0.717, 1.165) is 5.56 Å². The highest BCUT2D eigenvalue weighted by atomic mass is 19.1. The number of aliphatic hydroxyl groups excluding tert-OH is 2. The van der Waals surface area contributed by atoms with Gasteiger partial charge in [0, 0.05) is 0 Å². The van der Waals surface area contributed by atoms with E-state index in [-0.39, 0.29) is 12.4 Å². The first-order valence-corrected chi connectivity index (χ1v) is 5.75. The molecular formula is C15H15FO2. The minimum absolute atomic E-state index is 0.130. The lowest BCUT2D eigenvalue weighted by molar-refractivity contribution is 0.213. The van der Waals surface area contributed by atoms with Crippen molar-refractivity contribution >= 4 is 0 Å². The van der Waals surface area contributed by atoms with Gasteiger partial charge < -0.3 is 10.2 Å². The van der Waals surface area contributed by atoms with Gasteiger partial charge in [0.1, 0.15) is 11.9 Å². The Morgan fingerprint density at radius 3 is 2.39 bits per heavy atom. The molecule has 0 amide bonds. The molecule has 0 aliphatic carbocycles. The van der Waals surface area contributed by atoms with Gasteiger partial charge in [-0.05, 0) is 35.7 Å². The van der Waals surface area contributed by atoms with E-state index < -0.39 is 6.10 Å². The Kier molecular flexibility index (Phi) is 3.75. The van der Waals surface area contributed by atoms with Gasteiger partial charge in [0.2, 0.25) is 0 Å². The Morgan fingerprint density at radius 1 is 1.11 bits per heavy atom. The summed E-state index contributed by atoms with van der Waals surface area (Å²) in [6, 6.07) is 11.2. The molecule has 3 heteroatoms. The van der Waals surface area contributed by atoms with E-state index in [4.69, 9.17) is 0 Å². The van der Waals surface area contributed by atoms with Crippen LogP contribution in [-0.4, -0.2) is 10.2 Å². The van der Waals surface area contributed by atoms with E-state index in [1.54, 1.807) is 18.2 Å². The number of hydrogen-bond donors (Lipinski definition) is 2. The average molecular weight is 246 g/mol. The fourth-order valence-corrected chi connectivity index (χ4v) is 1.96. The molecule has 0 fully saturated rings. The molecule has 2 aromatic rings. The fraction of sp³-hybridized carbons (Fsp3) is 0.200. The van der Waals surface area contributed by atoms with Gasteiger partial charge in [-0.1, -0.05) is 35.9 Å². The average Bonchev–Trinajstić information content (AvgIpc) is 2.38. The van der Waals surface area contributed by atoms with Crippen molar-refractivity contribution in [1.82, 2.24) is 0 Å². The summed E-state index contributed by atoms with van der Waals surface area (Å²) in [4.78, 5) is 0. The monoisotopic (exact) mass is 246 g/mol. The molecule has 94 valence electrons. The summed E-state index contributed by atoms with van der Waals surface area (Å²) in [6.07, 6.45) is -0.853. The maximum absolute atomic E-state index is 12.8. The van der Waals surface area contributed by atoms with Gasteiger partial charge in [-0.3, -0.25) is 0 Å². The van der Waals surface area contributed by atoms with Crippen molar-refractivity contribution in [3.8, 4) is 0 Å². The highest BCUT2D eigenvalue weighted by Crippen LogP contribution is 2.26. The van der Waals surface area contributed by atoms with Crippen LogP contribution in [0.4, 0.5) is 4.39 Å². The highest BCUT2D eigenvalue weighted by Gasteiger charge is 2.14. The van der Waals surface area contributed by atoms with Gasteiger partial charge in [-0.25, -0.2) is 4.39 Å². The number of benzene rings is 2. The van der Waals surface area contributed by atoms with Crippen molar-refractivity contribution in [3.05, 3.63) is 70.5 Å². The SMILES string of the molecule is Cc1ccc(C(O)c2ccc(F)cc2)c(CO)c1. The van der Waals surface area contributed by atoms with Crippen molar-refractivity contribution in [2.75, 3.05) is 0 Å². The smallest absolute Gasteiger partial charge is 0.123 e. The first-order valence-electron chi connectivity index (χ1n) is 5.75. The van der Waals surface area contributed by atoms with Crippen LogP contribution in [0.2, 0.25) is 0 Å². The molecule has 0 saturated heterocycles. The lowest BCUT2D eigenvalue weighted by Gasteiger charge is -2.15. The summed E-state index contributed by atoms with van der Waals surface area (Å²) in [5.74, 6) is -0.336. The van der Waals surface area contributed by atoms with Gasteiger partial charge in [0.05, 0.1) is 6.61 Å². The Labute approximate surface area is 105 Å². The van der Waals surface area contributed by atoms with E-state index in [9.17, 15) is 14.6 Å². The quantitative estimate of drug-likeness (QED) is 0.874. The summed E-state index contributed by atoms with van der Waals surface area (Å²) in [5.41, 5.74) is 2.96. The predicted molar refractivity (Wildman–Crippen MR) is 67.6 cm³/mol. The van der Waals surface area contributed by atoms with Gasteiger partial charge in [-0.15, -0.1) is 0 Å². The Morgan fingerprint density at radius 2 is 1.78 bits per heavy atom. The van der Waals surface area contributed by atoms with Crippen molar-refractivity contribution < 1.29 is 14.6 Å². The van der Waals surface area contributed by atoms with Crippen LogP contribution in [0.3, 0.4) is 0 Å². The molecule has 0 aliphatic rings. The number of halogens is 1. The van der Waals surface area contributed by atoms with Crippen LogP contribution in [0, 0.1) is 12.7 Å². The number of rotatable bonds is 3. The van der Waals surface area contributed by atoms with E-state index in [2.05, 4.69) is 0 Å². The van der Waals surface area contributed by atoms with Crippen molar-refractivity contribution in [1.29, 1.82) is 0 Å². The zero-order valence-corrected chi connectivity index (χ0v) is 10.1. The second-order valence-corrected chi connectivity index (χ2v) is 4.31. The van der Waals surface area contributed by atoms with Crippen molar-refractivity contribution in [2.24, 2.45) is 0 Å². The molecule has 2 rings (SSSR count). The topological polar surface area (TPSA) is 40.5 Å². The van der Waals surface area contributed by atoms with E-state index >= 15 is 0 Å². The van der Waals surface area contributed by atoms with Crippen molar-refractivity contribution in [2.45, 2.75) is 19.6 Å². The lowest BCUT2D eigenvalue weighted by Crippen LogP contribution is -2.04. The van der Waals surface area contributed by atoms with Crippen LogP contribution in [0.1, 0.15) is 28.4 Å². The fourth-order valence-electron chi connectivity index (χ4n) is 1.96. The first-order chi connectivity index (χ1) is 8.61. The molecule has 1 atom stereocenters. The van der Waals surface area contributed by atoms with E-state index in [0.29, 0.717) is 16.7 Å². The third-order valence-corrected chi connectivity index (χ3v) is 2.95. The molecule has 2 aromatic carbocycles. The summed E-state index contributed by atoms with van der Waals surface area (Å²) >= 11 is 0. The summed E-state index contributed by atoms with van der Waals surface area (Å²) in [5, 5.41) is 19.6. The summed E-state index contributed by atoms with van der Waals surface area (Å²) in [7, 11) is 0. The third-order valence-electron chi connectivity index (χ3n) is 2.95. The van der Waals surface area contributed by atoms with Crippen LogP contribution in [0.15, 0.2) is 42.5 Å². The molecule has 0 saturated carbocycles. The first kappa shape index (κ1) is 12.7. The van der Waals surface area contributed by atoms with Crippen LogP contribution in [-0.2, 0) is 6.61 Å². The molecule has 0 heterocycles. The van der Waals surface area contributed by atoms with Crippen LogP contribution >= 0.6 is 0 Å². The molecule has 0 bridgehead atoms. The van der Waals surface area contributed by atoms with Gasteiger partial charge in [-0.2, -0.15) is 0 Å². The van der Waals surface area contributed by atoms with Gasteiger partial charge in [0.15, 0.2) is 0 Å². The largest absolute Gasteiger partial charge is 0.392 e. The molecule has 2 nitrogen and oxygen atoms in total. The van der Waals surface area contributed by atoms with E-state index in [1.807, 2.05) is 19.1 Å². The Bertz CT molecular complexity index is 535. The second kappa shape index (κ2) is 5.29. The van der Waals surface area contributed by atoms with Crippen LogP contribution < -0.4 is 0 Å². The van der Waals surface area contributed by atoms with E-state index in [1.165, 1.54) is 12.1 Å². The molecule has 0 radical (unpaired) electrons. The lowest BCUT2D eigenvalue weighted by atomic mass is 9.96. The zero-order chi connectivity index (χ0) is 13.1. The molecule has 0 spiro atoms. The summed E-state index contributed by atoms with van der Waals surface area (Å²) in [6.45, 7) is 1.79. The number of aryl methyl sites for hydroxylation is 1. The molecule has 0 aromatic heterocycles. The summed E-state index contributed by atoms with van der Waals surface area (Å²) < 4.78 is 12.8. The standard InChI is InChI=1S/C15H15FO2/c1-10-2-7-14(12(8-10)9-17)15(18)11-3-5-13(16)6-4-11/h2-8,15,17-18H,9H2,1H3. The minimum Gasteiger partial charge on any atom is -0.392 e.